The zero-order valence-corrected chi connectivity index (χ0v) is 9.89. The zero-order chi connectivity index (χ0) is 11.4. The normalized spacial score (nSPS) is 19.2. The fourth-order valence-electron chi connectivity index (χ4n) is 2.13. The molecule has 1 fully saturated rings. The molecule has 0 bridgehead atoms. The molecule has 1 saturated heterocycles. The van der Waals surface area contributed by atoms with E-state index in [4.69, 9.17) is 0 Å². The number of hydrogen-bond acceptors (Lipinski definition) is 3. The van der Waals surface area contributed by atoms with Crippen molar-refractivity contribution in [3.63, 3.8) is 0 Å². The maximum Gasteiger partial charge on any atom is 0.128 e. The van der Waals surface area contributed by atoms with E-state index in [0.29, 0.717) is 0 Å². The summed E-state index contributed by atoms with van der Waals surface area (Å²) in [4.78, 5) is 6.78. The largest absolute Gasteiger partial charge is 0.389 e. The molecule has 1 aromatic rings. The van der Waals surface area contributed by atoms with Crippen LogP contribution in [0.5, 0.6) is 0 Å². The van der Waals surface area contributed by atoms with Crippen molar-refractivity contribution in [2.75, 3.05) is 18.0 Å². The summed E-state index contributed by atoms with van der Waals surface area (Å²) in [5.41, 5.74) is 0.888. The number of rotatable bonds is 2. The van der Waals surface area contributed by atoms with Crippen LogP contribution in [0.1, 0.15) is 44.3 Å². The molecule has 0 spiro atoms. The van der Waals surface area contributed by atoms with Gasteiger partial charge in [0.05, 0.1) is 6.10 Å². The molecule has 0 saturated carbocycles. The lowest BCUT2D eigenvalue weighted by Gasteiger charge is -2.21. The summed E-state index contributed by atoms with van der Waals surface area (Å²) in [6.07, 6.45) is 6.56. The molecule has 1 aliphatic heterocycles. The van der Waals surface area contributed by atoms with Gasteiger partial charge < -0.3 is 10.0 Å². The molecule has 1 unspecified atom stereocenters. The smallest absolute Gasteiger partial charge is 0.128 e. The highest BCUT2D eigenvalue weighted by Gasteiger charge is 2.11. The summed E-state index contributed by atoms with van der Waals surface area (Å²) in [5, 5.41) is 9.42. The molecule has 88 valence electrons. The Labute approximate surface area is 97.1 Å². The molecule has 3 nitrogen and oxygen atoms in total. The van der Waals surface area contributed by atoms with Gasteiger partial charge in [-0.25, -0.2) is 4.98 Å². The highest BCUT2D eigenvalue weighted by Crippen LogP contribution is 2.19. The minimum Gasteiger partial charge on any atom is -0.389 e. The SMILES string of the molecule is CC(O)c1ccc(N2CCCCCC2)nc1. The van der Waals surface area contributed by atoms with Gasteiger partial charge in [-0.3, -0.25) is 0 Å². The molecular formula is C13H20N2O. The first-order chi connectivity index (χ1) is 7.77. The van der Waals surface area contributed by atoms with Gasteiger partial charge in [0.25, 0.3) is 0 Å². The van der Waals surface area contributed by atoms with E-state index in [9.17, 15) is 5.11 Å². The van der Waals surface area contributed by atoms with Crippen molar-refractivity contribution in [1.82, 2.24) is 4.98 Å². The number of pyridine rings is 1. The van der Waals surface area contributed by atoms with Crippen LogP contribution < -0.4 is 4.90 Å². The summed E-state index contributed by atoms with van der Waals surface area (Å²) in [5.74, 6) is 1.05. The molecule has 1 aliphatic rings. The Kier molecular flexibility index (Phi) is 3.78. The van der Waals surface area contributed by atoms with Gasteiger partial charge in [0, 0.05) is 19.3 Å². The third-order valence-corrected chi connectivity index (χ3v) is 3.18. The number of anilines is 1. The third kappa shape index (κ3) is 2.73. The van der Waals surface area contributed by atoms with Crippen molar-refractivity contribution in [2.24, 2.45) is 0 Å². The van der Waals surface area contributed by atoms with Gasteiger partial charge in [0.1, 0.15) is 5.82 Å². The average molecular weight is 220 g/mol. The van der Waals surface area contributed by atoms with Crippen LogP contribution in [0.2, 0.25) is 0 Å². The molecule has 2 rings (SSSR count). The van der Waals surface area contributed by atoms with E-state index >= 15 is 0 Å². The standard InChI is InChI=1S/C13H20N2O/c1-11(16)12-6-7-13(14-10-12)15-8-4-2-3-5-9-15/h6-7,10-11,16H,2-5,8-9H2,1H3. The third-order valence-electron chi connectivity index (χ3n) is 3.18. The van der Waals surface area contributed by atoms with E-state index in [1.165, 1.54) is 25.7 Å². The van der Waals surface area contributed by atoms with Crippen molar-refractivity contribution in [3.05, 3.63) is 23.9 Å². The van der Waals surface area contributed by atoms with Crippen molar-refractivity contribution in [2.45, 2.75) is 38.7 Å². The Morgan fingerprint density at radius 2 is 1.88 bits per heavy atom. The molecule has 1 atom stereocenters. The van der Waals surface area contributed by atoms with Crippen molar-refractivity contribution >= 4 is 5.82 Å². The van der Waals surface area contributed by atoms with Crippen molar-refractivity contribution < 1.29 is 5.11 Å². The van der Waals surface area contributed by atoms with E-state index in [2.05, 4.69) is 9.88 Å². The molecule has 0 aromatic carbocycles. The van der Waals surface area contributed by atoms with Gasteiger partial charge in [-0.05, 0) is 31.4 Å². The lowest BCUT2D eigenvalue weighted by atomic mass is 10.2. The molecule has 3 heteroatoms. The van der Waals surface area contributed by atoms with E-state index in [-0.39, 0.29) is 0 Å². The first kappa shape index (κ1) is 11.4. The van der Waals surface area contributed by atoms with Crippen LogP contribution in [-0.4, -0.2) is 23.2 Å². The summed E-state index contributed by atoms with van der Waals surface area (Å²) >= 11 is 0. The maximum atomic E-state index is 9.42. The Morgan fingerprint density at radius 3 is 2.38 bits per heavy atom. The summed E-state index contributed by atoms with van der Waals surface area (Å²) in [6, 6.07) is 3.99. The highest BCUT2D eigenvalue weighted by atomic mass is 16.3. The minimum absolute atomic E-state index is 0.425. The fourth-order valence-corrected chi connectivity index (χ4v) is 2.13. The van der Waals surface area contributed by atoms with Crippen LogP contribution in [0.25, 0.3) is 0 Å². The number of aromatic nitrogens is 1. The summed E-state index contributed by atoms with van der Waals surface area (Å²) in [6.45, 7) is 3.99. The second-order valence-corrected chi connectivity index (χ2v) is 4.53. The van der Waals surface area contributed by atoms with E-state index < -0.39 is 6.10 Å². The Bertz CT molecular complexity index is 313. The van der Waals surface area contributed by atoms with E-state index in [1.54, 1.807) is 13.1 Å². The lowest BCUT2D eigenvalue weighted by molar-refractivity contribution is 0.199. The number of aliphatic hydroxyl groups excluding tert-OH is 1. The van der Waals surface area contributed by atoms with Crippen LogP contribution in [0, 0.1) is 0 Å². The van der Waals surface area contributed by atoms with Gasteiger partial charge >= 0.3 is 0 Å². The minimum atomic E-state index is -0.425. The van der Waals surface area contributed by atoms with Gasteiger partial charge in [-0.1, -0.05) is 18.9 Å². The van der Waals surface area contributed by atoms with Crippen LogP contribution >= 0.6 is 0 Å². The molecule has 0 amide bonds. The molecule has 0 radical (unpaired) electrons. The van der Waals surface area contributed by atoms with Crippen LogP contribution in [-0.2, 0) is 0 Å². The lowest BCUT2D eigenvalue weighted by Crippen LogP contribution is -2.24. The van der Waals surface area contributed by atoms with E-state index in [1.807, 2.05) is 12.1 Å². The molecule has 0 aliphatic carbocycles. The predicted molar refractivity (Wildman–Crippen MR) is 65.6 cm³/mol. The van der Waals surface area contributed by atoms with Crippen molar-refractivity contribution in [3.8, 4) is 0 Å². The number of hydrogen-bond donors (Lipinski definition) is 1. The van der Waals surface area contributed by atoms with Crippen molar-refractivity contribution in [1.29, 1.82) is 0 Å². The van der Waals surface area contributed by atoms with Gasteiger partial charge in [0.2, 0.25) is 0 Å². The molecular weight excluding hydrogens is 200 g/mol. The summed E-state index contributed by atoms with van der Waals surface area (Å²) < 4.78 is 0. The quantitative estimate of drug-likeness (QED) is 0.832. The predicted octanol–water partition coefficient (Wildman–Crippen LogP) is 2.52. The number of aliphatic hydroxyl groups is 1. The maximum absolute atomic E-state index is 9.42. The molecule has 1 aromatic heterocycles. The summed E-state index contributed by atoms with van der Waals surface area (Å²) in [7, 11) is 0. The zero-order valence-electron chi connectivity index (χ0n) is 9.89. The fraction of sp³-hybridized carbons (Fsp3) is 0.615. The molecule has 1 N–H and O–H groups in total. The topological polar surface area (TPSA) is 36.4 Å². The van der Waals surface area contributed by atoms with Gasteiger partial charge in [0.15, 0.2) is 0 Å². The van der Waals surface area contributed by atoms with Crippen LogP contribution in [0.15, 0.2) is 18.3 Å². The van der Waals surface area contributed by atoms with Gasteiger partial charge in [-0.2, -0.15) is 0 Å². The Balaban J connectivity index is 2.07. The van der Waals surface area contributed by atoms with Crippen LogP contribution in [0.3, 0.4) is 0 Å². The first-order valence-corrected chi connectivity index (χ1v) is 6.16. The highest BCUT2D eigenvalue weighted by molar-refractivity contribution is 5.39. The second kappa shape index (κ2) is 5.30. The second-order valence-electron chi connectivity index (χ2n) is 4.53. The van der Waals surface area contributed by atoms with Gasteiger partial charge in [-0.15, -0.1) is 0 Å². The first-order valence-electron chi connectivity index (χ1n) is 6.16. The molecule has 2 heterocycles. The Hall–Kier alpha value is -1.09. The average Bonchev–Trinajstić information content (AvgIpc) is 2.57. The monoisotopic (exact) mass is 220 g/mol. The Morgan fingerprint density at radius 1 is 1.19 bits per heavy atom. The van der Waals surface area contributed by atoms with Crippen LogP contribution in [0.4, 0.5) is 5.82 Å². The van der Waals surface area contributed by atoms with E-state index in [0.717, 1.165) is 24.5 Å². The number of nitrogens with zero attached hydrogens (tertiary/aromatic N) is 2. The molecule has 16 heavy (non-hydrogen) atoms.